The highest BCUT2D eigenvalue weighted by Crippen LogP contribution is 1.97. The molecule has 5 nitrogen and oxygen atoms in total. The summed E-state index contributed by atoms with van der Waals surface area (Å²) in [7, 11) is 0. The van der Waals surface area contributed by atoms with Crippen LogP contribution in [0.2, 0.25) is 0 Å². The average molecular weight is 202 g/mol. The molecule has 0 saturated heterocycles. The predicted octanol–water partition coefficient (Wildman–Crippen LogP) is 1.63. The molecule has 1 aromatic heterocycles. The van der Waals surface area contributed by atoms with Crippen LogP contribution in [0.1, 0.15) is 17.8 Å². The van der Waals surface area contributed by atoms with Crippen molar-refractivity contribution in [2.24, 2.45) is 5.11 Å². The van der Waals surface area contributed by atoms with Crippen molar-refractivity contribution >= 4 is 0 Å². The first-order valence-corrected chi connectivity index (χ1v) is 4.43. The van der Waals surface area contributed by atoms with E-state index in [1.165, 1.54) is 0 Å². The van der Waals surface area contributed by atoms with Gasteiger partial charge in [-0.1, -0.05) is 17.1 Å². The summed E-state index contributed by atoms with van der Waals surface area (Å²) in [5.74, 6) is 5.65. The van der Waals surface area contributed by atoms with Crippen LogP contribution in [0.25, 0.3) is 10.4 Å². The van der Waals surface area contributed by atoms with E-state index in [-0.39, 0.29) is 6.61 Å². The summed E-state index contributed by atoms with van der Waals surface area (Å²) in [5, 5.41) is 12.2. The third-order valence-corrected chi connectivity index (χ3v) is 1.59. The third kappa shape index (κ3) is 4.14. The molecule has 0 fully saturated rings. The molecule has 1 aromatic rings. The second-order valence-electron chi connectivity index (χ2n) is 2.68. The summed E-state index contributed by atoms with van der Waals surface area (Å²) in [6, 6.07) is 5.28. The molecule has 0 aliphatic heterocycles. The molecule has 1 rings (SSSR count). The molecule has 0 aliphatic carbocycles. The van der Waals surface area contributed by atoms with Crippen LogP contribution in [0, 0.1) is 11.8 Å². The van der Waals surface area contributed by atoms with Crippen LogP contribution in [-0.2, 0) is 6.61 Å². The minimum Gasteiger partial charge on any atom is -0.390 e. The lowest BCUT2D eigenvalue weighted by Gasteiger charge is -1.94. The van der Waals surface area contributed by atoms with Crippen molar-refractivity contribution < 1.29 is 5.11 Å². The molecule has 1 heterocycles. The quantitative estimate of drug-likeness (QED) is 0.265. The van der Waals surface area contributed by atoms with Crippen molar-refractivity contribution in [1.29, 1.82) is 0 Å². The molecule has 5 heteroatoms. The SMILES string of the molecule is [N-]=[N+]=NCCC#Cc1cccc(CO)n1. The number of nitrogens with zero attached hydrogens (tertiary/aromatic N) is 4. The Kier molecular flexibility index (Phi) is 4.74. The first kappa shape index (κ1) is 11.1. The smallest absolute Gasteiger partial charge is 0.113 e. The maximum atomic E-state index is 8.84. The average Bonchev–Trinajstić information content (AvgIpc) is 2.29. The minimum absolute atomic E-state index is 0.0890. The van der Waals surface area contributed by atoms with E-state index < -0.39 is 0 Å². The van der Waals surface area contributed by atoms with Crippen LogP contribution < -0.4 is 0 Å². The van der Waals surface area contributed by atoms with Gasteiger partial charge in [-0.15, -0.1) is 0 Å². The van der Waals surface area contributed by atoms with Gasteiger partial charge in [0.1, 0.15) is 5.69 Å². The monoisotopic (exact) mass is 202 g/mol. The zero-order valence-electron chi connectivity index (χ0n) is 8.09. The van der Waals surface area contributed by atoms with Gasteiger partial charge >= 0.3 is 0 Å². The number of aliphatic hydroxyl groups is 1. The standard InChI is InChI=1S/C10H10N4O/c11-14-12-7-2-1-4-9-5-3-6-10(8-15)13-9/h3,5-6,15H,2,7-8H2. The molecular weight excluding hydrogens is 192 g/mol. The van der Waals surface area contributed by atoms with Gasteiger partial charge < -0.3 is 5.11 Å². The van der Waals surface area contributed by atoms with Gasteiger partial charge in [0.05, 0.1) is 12.3 Å². The molecule has 0 radical (unpaired) electrons. The second kappa shape index (κ2) is 6.44. The fourth-order valence-corrected chi connectivity index (χ4v) is 0.941. The van der Waals surface area contributed by atoms with E-state index in [1.807, 2.05) is 0 Å². The third-order valence-electron chi connectivity index (χ3n) is 1.59. The van der Waals surface area contributed by atoms with Crippen LogP contribution in [0.4, 0.5) is 0 Å². The molecule has 15 heavy (non-hydrogen) atoms. The molecule has 0 bridgehead atoms. The van der Waals surface area contributed by atoms with Crippen molar-refractivity contribution in [3.8, 4) is 11.8 Å². The van der Waals surface area contributed by atoms with E-state index in [0.717, 1.165) is 0 Å². The summed E-state index contributed by atoms with van der Waals surface area (Å²) in [6.07, 6.45) is 0.509. The Balaban J connectivity index is 2.58. The van der Waals surface area contributed by atoms with E-state index in [4.69, 9.17) is 10.6 Å². The fourth-order valence-electron chi connectivity index (χ4n) is 0.941. The van der Waals surface area contributed by atoms with Crippen molar-refractivity contribution in [2.75, 3.05) is 6.54 Å². The fraction of sp³-hybridized carbons (Fsp3) is 0.300. The van der Waals surface area contributed by atoms with Gasteiger partial charge in [-0.25, -0.2) is 4.98 Å². The molecular formula is C10H10N4O. The first-order chi connectivity index (χ1) is 7.36. The highest BCUT2D eigenvalue weighted by Gasteiger charge is 1.91. The number of azide groups is 1. The normalized spacial score (nSPS) is 8.60. The molecule has 1 N–H and O–H groups in total. The Bertz CT molecular complexity index is 427. The molecule has 0 aromatic carbocycles. The lowest BCUT2D eigenvalue weighted by atomic mass is 10.3. The summed E-state index contributed by atoms with van der Waals surface area (Å²) >= 11 is 0. The van der Waals surface area contributed by atoms with Gasteiger partial charge in [0.15, 0.2) is 0 Å². The highest BCUT2D eigenvalue weighted by atomic mass is 16.3. The molecule has 0 atom stereocenters. The number of rotatable bonds is 3. The van der Waals surface area contributed by atoms with Gasteiger partial charge in [-0.3, -0.25) is 0 Å². The second-order valence-corrected chi connectivity index (χ2v) is 2.68. The van der Waals surface area contributed by atoms with Gasteiger partial charge in [0.25, 0.3) is 0 Å². The number of aromatic nitrogens is 1. The zero-order valence-corrected chi connectivity index (χ0v) is 8.09. The van der Waals surface area contributed by atoms with E-state index >= 15 is 0 Å². The molecule has 76 valence electrons. The van der Waals surface area contributed by atoms with Crippen LogP contribution in [0.5, 0.6) is 0 Å². The Hall–Kier alpha value is -2.02. The van der Waals surface area contributed by atoms with E-state index in [9.17, 15) is 0 Å². The predicted molar refractivity (Wildman–Crippen MR) is 55.7 cm³/mol. The first-order valence-electron chi connectivity index (χ1n) is 4.43. The van der Waals surface area contributed by atoms with Crippen molar-refractivity contribution in [3.63, 3.8) is 0 Å². The Morgan fingerprint density at radius 1 is 1.53 bits per heavy atom. The number of hydrogen-bond acceptors (Lipinski definition) is 3. The van der Waals surface area contributed by atoms with E-state index in [1.54, 1.807) is 18.2 Å². The van der Waals surface area contributed by atoms with Gasteiger partial charge in [0, 0.05) is 17.9 Å². The van der Waals surface area contributed by atoms with Crippen LogP contribution in [0.3, 0.4) is 0 Å². The molecule has 0 unspecified atom stereocenters. The minimum atomic E-state index is -0.0890. The van der Waals surface area contributed by atoms with E-state index in [2.05, 4.69) is 26.9 Å². The molecule has 0 saturated carbocycles. The van der Waals surface area contributed by atoms with Crippen LogP contribution >= 0.6 is 0 Å². The molecule has 0 spiro atoms. The Labute approximate surface area is 87.4 Å². The van der Waals surface area contributed by atoms with Crippen molar-refractivity contribution in [2.45, 2.75) is 13.0 Å². The van der Waals surface area contributed by atoms with Crippen LogP contribution in [0.15, 0.2) is 23.3 Å². The maximum absolute atomic E-state index is 8.84. The summed E-state index contributed by atoms with van der Waals surface area (Å²) in [5.41, 5.74) is 9.23. The molecule has 0 amide bonds. The van der Waals surface area contributed by atoms with Crippen molar-refractivity contribution in [1.82, 2.24) is 4.98 Å². The van der Waals surface area contributed by atoms with Crippen molar-refractivity contribution in [3.05, 3.63) is 40.0 Å². The van der Waals surface area contributed by atoms with Gasteiger partial charge in [0.2, 0.25) is 0 Å². The highest BCUT2D eigenvalue weighted by molar-refractivity contribution is 5.28. The lowest BCUT2D eigenvalue weighted by molar-refractivity contribution is 0.277. The largest absolute Gasteiger partial charge is 0.390 e. The molecule has 0 aliphatic rings. The Morgan fingerprint density at radius 3 is 3.13 bits per heavy atom. The number of pyridine rings is 1. The maximum Gasteiger partial charge on any atom is 0.113 e. The summed E-state index contributed by atoms with van der Waals surface area (Å²) < 4.78 is 0. The summed E-state index contributed by atoms with van der Waals surface area (Å²) in [4.78, 5) is 6.70. The number of hydrogen-bond donors (Lipinski definition) is 1. The number of aliphatic hydroxyl groups excluding tert-OH is 1. The van der Waals surface area contributed by atoms with Gasteiger partial charge in [-0.05, 0) is 23.6 Å². The van der Waals surface area contributed by atoms with Gasteiger partial charge in [-0.2, -0.15) is 0 Å². The topological polar surface area (TPSA) is 81.9 Å². The van der Waals surface area contributed by atoms with Crippen LogP contribution in [-0.4, -0.2) is 16.6 Å². The zero-order chi connectivity index (χ0) is 10.9. The van der Waals surface area contributed by atoms with E-state index in [0.29, 0.717) is 24.4 Å². The Morgan fingerprint density at radius 2 is 2.40 bits per heavy atom. The lowest BCUT2D eigenvalue weighted by Crippen LogP contribution is -1.90. The summed E-state index contributed by atoms with van der Waals surface area (Å²) in [6.45, 7) is 0.275.